The minimum absolute atomic E-state index is 0.00764. The van der Waals surface area contributed by atoms with E-state index in [0.717, 1.165) is 0 Å². The highest BCUT2D eigenvalue weighted by Gasteiger charge is 2.10. The number of aliphatic hydroxyl groups excluding tert-OH is 1. The standard InChI is InChI=1S/C11H11NO4/c1-7-12-9-3-2-8(6-10(9)16-7)11(14)15-5-4-13/h2-3,6,13H,4-5H2,1H3. The summed E-state index contributed by atoms with van der Waals surface area (Å²) in [7, 11) is 0. The molecule has 1 aromatic carbocycles. The summed E-state index contributed by atoms with van der Waals surface area (Å²) in [5.41, 5.74) is 1.64. The molecule has 0 fully saturated rings. The zero-order valence-corrected chi connectivity index (χ0v) is 8.77. The molecule has 0 aliphatic rings. The number of benzene rings is 1. The first-order valence-corrected chi connectivity index (χ1v) is 4.86. The first kappa shape index (κ1) is 10.6. The maximum atomic E-state index is 11.5. The Morgan fingerprint density at radius 2 is 2.38 bits per heavy atom. The van der Waals surface area contributed by atoms with Crippen molar-refractivity contribution in [2.45, 2.75) is 6.92 Å². The van der Waals surface area contributed by atoms with Crippen LogP contribution in [0.25, 0.3) is 11.1 Å². The van der Waals surface area contributed by atoms with E-state index in [4.69, 9.17) is 14.3 Å². The molecule has 0 saturated carbocycles. The maximum Gasteiger partial charge on any atom is 0.338 e. The molecule has 1 aromatic heterocycles. The third-order valence-corrected chi connectivity index (χ3v) is 2.06. The average Bonchev–Trinajstić information content (AvgIpc) is 2.64. The van der Waals surface area contributed by atoms with Gasteiger partial charge in [-0.25, -0.2) is 9.78 Å². The van der Waals surface area contributed by atoms with Gasteiger partial charge < -0.3 is 14.3 Å². The van der Waals surface area contributed by atoms with Crippen molar-refractivity contribution in [2.75, 3.05) is 13.2 Å². The van der Waals surface area contributed by atoms with Crippen LogP contribution >= 0.6 is 0 Å². The summed E-state index contributed by atoms with van der Waals surface area (Å²) < 4.78 is 10.1. The topological polar surface area (TPSA) is 72.6 Å². The van der Waals surface area contributed by atoms with Crippen LogP contribution in [0.15, 0.2) is 22.6 Å². The predicted molar refractivity (Wildman–Crippen MR) is 56.1 cm³/mol. The summed E-state index contributed by atoms with van der Waals surface area (Å²) in [6.07, 6.45) is 0. The molecule has 0 atom stereocenters. The van der Waals surface area contributed by atoms with E-state index in [9.17, 15) is 4.79 Å². The SMILES string of the molecule is Cc1nc2ccc(C(=O)OCCO)cc2o1. The number of aryl methyl sites for hydroxylation is 1. The van der Waals surface area contributed by atoms with Crippen molar-refractivity contribution in [3.05, 3.63) is 29.7 Å². The summed E-state index contributed by atoms with van der Waals surface area (Å²) in [5.74, 6) is 0.0703. The van der Waals surface area contributed by atoms with Gasteiger partial charge in [0.25, 0.3) is 0 Å². The number of oxazole rings is 1. The minimum atomic E-state index is -0.481. The van der Waals surface area contributed by atoms with Gasteiger partial charge in [-0.3, -0.25) is 0 Å². The molecule has 0 radical (unpaired) electrons. The van der Waals surface area contributed by atoms with Crippen molar-refractivity contribution in [1.29, 1.82) is 0 Å². The van der Waals surface area contributed by atoms with Gasteiger partial charge in [0, 0.05) is 6.92 Å². The van der Waals surface area contributed by atoms with E-state index in [2.05, 4.69) is 4.98 Å². The van der Waals surface area contributed by atoms with Crippen molar-refractivity contribution in [1.82, 2.24) is 4.98 Å². The fourth-order valence-electron chi connectivity index (χ4n) is 1.39. The van der Waals surface area contributed by atoms with Gasteiger partial charge in [-0.1, -0.05) is 0 Å². The molecule has 0 amide bonds. The highest BCUT2D eigenvalue weighted by Crippen LogP contribution is 2.17. The van der Waals surface area contributed by atoms with E-state index in [-0.39, 0.29) is 13.2 Å². The van der Waals surface area contributed by atoms with Crippen molar-refractivity contribution >= 4 is 17.1 Å². The lowest BCUT2D eigenvalue weighted by molar-refractivity contribution is 0.0434. The van der Waals surface area contributed by atoms with Gasteiger partial charge in [-0.05, 0) is 18.2 Å². The van der Waals surface area contributed by atoms with Crippen molar-refractivity contribution in [3.8, 4) is 0 Å². The van der Waals surface area contributed by atoms with Gasteiger partial charge >= 0.3 is 5.97 Å². The molecule has 16 heavy (non-hydrogen) atoms. The van der Waals surface area contributed by atoms with Gasteiger partial charge in [-0.2, -0.15) is 0 Å². The molecule has 2 rings (SSSR count). The Labute approximate surface area is 91.7 Å². The molecule has 0 aliphatic heterocycles. The first-order chi connectivity index (χ1) is 7.70. The Morgan fingerprint density at radius 1 is 1.56 bits per heavy atom. The number of carbonyl (C=O) groups excluding carboxylic acids is 1. The number of aliphatic hydroxyl groups is 1. The molecule has 5 nitrogen and oxygen atoms in total. The molecule has 1 N–H and O–H groups in total. The van der Waals surface area contributed by atoms with E-state index < -0.39 is 5.97 Å². The van der Waals surface area contributed by atoms with Crippen LogP contribution in [-0.2, 0) is 4.74 Å². The molecule has 5 heteroatoms. The second kappa shape index (κ2) is 4.32. The Balaban J connectivity index is 2.28. The number of fused-ring (bicyclic) bond motifs is 1. The van der Waals surface area contributed by atoms with E-state index in [0.29, 0.717) is 22.6 Å². The molecule has 0 spiro atoms. The number of hydrogen-bond acceptors (Lipinski definition) is 5. The van der Waals surface area contributed by atoms with Crippen molar-refractivity contribution < 1.29 is 19.1 Å². The fourth-order valence-corrected chi connectivity index (χ4v) is 1.39. The second-order valence-electron chi connectivity index (χ2n) is 3.27. The third kappa shape index (κ3) is 2.04. The summed E-state index contributed by atoms with van der Waals surface area (Å²) in [5, 5.41) is 8.53. The summed E-state index contributed by atoms with van der Waals surface area (Å²) in [4.78, 5) is 15.6. The minimum Gasteiger partial charge on any atom is -0.460 e. The van der Waals surface area contributed by atoms with E-state index >= 15 is 0 Å². The molecule has 1 heterocycles. The average molecular weight is 221 g/mol. The largest absolute Gasteiger partial charge is 0.460 e. The number of aromatic nitrogens is 1. The maximum absolute atomic E-state index is 11.5. The van der Waals surface area contributed by atoms with E-state index in [1.165, 1.54) is 0 Å². The van der Waals surface area contributed by atoms with Crippen LogP contribution in [0.4, 0.5) is 0 Å². The lowest BCUT2D eigenvalue weighted by atomic mass is 10.2. The molecule has 0 saturated heterocycles. The molecule has 0 unspecified atom stereocenters. The monoisotopic (exact) mass is 221 g/mol. The first-order valence-electron chi connectivity index (χ1n) is 4.86. The van der Waals surface area contributed by atoms with Crippen molar-refractivity contribution in [2.24, 2.45) is 0 Å². The van der Waals surface area contributed by atoms with Gasteiger partial charge in [0.05, 0.1) is 12.2 Å². The number of esters is 1. The second-order valence-corrected chi connectivity index (χ2v) is 3.27. The van der Waals surface area contributed by atoms with Gasteiger partial charge in [0.1, 0.15) is 12.1 Å². The Hall–Kier alpha value is -1.88. The smallest absolute Gasteiger partial charge is 0.338 e. The molecular weight excluding hydrogens is 210 g/mol. The number of hydrogen-bond donors (Lipinski definition) is 1. The molecule has 0 aliphatic carbocycles. The summed E-state index contributed by atoms with van der Waals surface area (Å²) in [6, 6.07) is 4.89. The Kier molecular flexibility index (Phi) is 2.87. The molecule has 84 valence electrons. The summed E-state index contributed by atoms with van der Waals surface area (Å²) in [6.45, 7) is 1.55. The van der Waals surface area contributed by atoms with Crippen LogP contribution in [-0.4, -0.2) is 29.3 Å². The number of nitrogens with zero attached hydrogens (tertiary/aromatic N) is 1. The van der Waals surface area contributed by atoms with Crippen LogP contribution in [0.2, 0.25) is 0 Å². The Morgan fingerprint density at radius 3 is 3.12 bits per heavy atom. The lowest BCUT2D eigenvalue weighted by Gasteiger charge is -2.01. The number of ether oxygens (including phenoxy) is 1. The zero-order valence-electron chi connectivity index (χ0n) is 8.77. The molecule has 0 bridgehead atoms. The molecular formula is C11H11NO4. The van der Waals surface area contributed by atoms with Crippen LogP contribution in [0, 0.1) is 6.92 Å². The van der Waals surface area contributed by atoms with E-state index in [1.54, 1.807) is 25.1 Å². The fraction of sp³-hybridized carbons (Fsp3) is 0.273. The lowest BCUT2D eigenvalue weighted by Crippen LogP contribution is -2.08. The van der Waals surface area contributed by atoms with Gasteiger partial charge in [-0.15, -0.1) is 0 Å². The molecule has 2 aromatic rings. The van der Waals surface area contributed by atoms with E-state index in [1.807, 2.05) is 0 Å². The van der Waals surface area contributed by atoms with Crippen molar-refractivity contribution in [3.63, 3.8) is 0 Å². The quantitative estimate of drug-likeness (QED) is 0.790. The predicted octanol–water partition coefficient (Wildman–Crippen LogP) is 1.29. The van der Waals surface area contributed by atoms with Gasteiger partial charge in [0.15, 0.2) is 11.5 Å². The third-order valence-electron chi connectivity index (χ3n) is 2.06. The number of carbonyl (C=O) groups is 1. The van der Waals surface area contributed by atoms with Crippen LogP contribution in [0.1, 0.15) is 16.2 Å². The van der Waals surface area contributed by atoms with Gasteiger partial charge in [0.2, 0.25) is 0 Å². The van der Waals surface area contributed by atoms with Crippen LogP contribution in [0.3, 0.4) is 0 Å². The Bertz CT molecular complexity index is 518. The normalized spacial score (nSPS) is 10.6. The summed E-state index contributed by atoms with van der Waals surface area (Å²) >= 11 is 0. The number of rotatable bonds is 3. The highest BCUT2D eigenvalue weighted by atomic mass is 16.5. The highest BCUT2D eigenvalue weighted by molar-refractivity contribution is 5.93. The van der Waals surface area contributed by atoms with Crippen LogP contribution in [0.5, 0.6) is 0 Å². The zero-order chi connectivity index (χ0) is 11.5. The van der Waals surface area contributed by atoms with Crippen LogP contribution < -0.4 is 0 Å².